The zero-order valence-corrected chi connectivity index (χ0v) is 12.7. The van der Waals surface area contributed by atoms with Gasteiger partial charge in [0.25, 0.3) is 0 Å². The number of aryl methyl sites for hydroxylation is 4. The van der Waals surface area contributed by atoms with Crippen molar-refractivity contribution in [1.82, 2.24) is 0 Å². The molecular weight excluding hydrogens is 246 g/mol. The van der Waals surface area contributed by atoms with Crippen LogP contribution in [0.2, 0.25) is 0 Å². The van der Waals surface area contributed by atoms with E-state index < -0.39 is 0 Å². The first-order chi connectivity index (χ1) is 9.51. The Morgan fingerprint density at radius 1 is 0.900 bits per heavy atom. The third-order valence-corrected chi connectivity index (χ3v) is 3.66. The third-order valence-electron chi connectivity index (χ3n) is 3.66. The molecule has 0 heterocycles. The normalized spacial score (nSPS) is 12.2. The minimum absolute atomic E-state index is 0.0710. The first-order valence-corrected chi connectivity index (χ1v) is 7.03. The van der Waals surface area contributed by atoms with Crippen molar-refractivity contribution in [3.8, 4) is 0 Å². The highest BCUT2D eigenvalue weighted by Crippen LogP contribution is 2.26. The van der Waals surface area contributed by atoms with Gasteiger partial charge in [-0.1, -0.05) is 35.4 Å². The smallest absolute Gasteiger partial charge is 0.0750 e. The highest BCUT2D eigenvalue weighted by atomic mass is 16.3. The average Bonchev–Trinajstić information content (AvgIpc) is 2.38. The van der Waals surface area contributed by atoms with Crippen LogP contribution in [0.3, 0.4) is 0 Å². The zero-order chi connectivity index (χ0) is 14.7. The van der Waals surface area contributed by atoms with Gasteiger partial charge >= 0.3 is 0 Å². The van der Waals surface area contributed by atoms with E-state index in [1.54, 1.807) is 0 Å². The fraction of sp³-hybridized carbons (Fsp3) is 0.333. The topological polar surface area (TPSA) is 32.3 Å². The van der Waals surface area contributed by atoms with Crippen LogP contribution in [0.4, 0.5) is 5.69 Å². The summed E-state index contributed by atoms with van der Waals surface area (Å²) in [4.78, 5) is 0. The van der Waals surface area contributed by atoms with Gasteiger partial charge in [0.05, 0.1) is 12.6 Å². The lowest BCUT2D eigenvalue weighted by Gasteiger charge is -2.22. The van der Waals surface area contributed by atoms with Crippen LogP contribution in [0.25, 0.3) is 0 Å². The lowest BCUT2D eigenvalue weighted by Crippen LogP contribution is -2.17. The van der Waals surface area contributed by atoms with Crippen molar-refractivity contribution in [3.63, 3.8) is 0 Å². The van der Waals surface area contributed by atoms with E-state index in [1.165, 1.54) is 27.8 Å². The largest absolute Gasteiger partial charge is 0.394 e. The molecule has 2 nitrogen and oxygen atoms in total. The second kappa shape index (κ2) is 6.10. The van der Waals surface area contributed by atoms with Gasteiger partial charge in [-0.25, -0.2) is 0 Å². The van der Waals surface area contributed by atoms with Gasteiger partial charge in [0.2, 0.25) is 0 Å². The molecule has 0 fully saturated rings. The highest BCUT2D eigenvalue weighted by molar-refractivity contribution is 5.49. The second-order valence-corrected chi connectivity index (χ2v) is 5.56. The second-order valence-electron chi connectivity index (χ2n) is 5.56. The molecule has 0 aromatic heterocycles. The molecular formula is C18H23NO. The molecule has 0 spiro atoms. The van der Waals surface area contributed by atoms with Gasteiger partial charge in [-0.15, -0.1) is 0 Å². The van der Waals surface area contributed by atoms with Gasteiger partial charge in [-0.05, 0) is 56.5 Å². The maximum absolute atomic E-state index is 9.75. The number of aliphatic hydroxyl groups is 1. The highest BCUT2D eigenvalue weighted by Gasteiger charge is 2.15. The Hall–Kier alpha value is -1.80. The summed E-state index contributed by atoms with van der Waals surface area (Å²) in [5.41, 5.74) is 7.17. The molecule has 106 valence electrons. The van der Waals surface area contributed by atoms with E-state index in [4.69, 9.17) is 0 Å². The SMILES string of the molecule is Cc1ccc(NC(CO)c2c(C)cc(C)cc2C)cc1. The lowest BCUT2D eigenvalue weighted by atomic mass is 9.94. The molecule has 0 aliphatic carbocycles. The Labute approximate surface area is 121 Å². The van der Waals surface area contributed by atoms with E-state index in [1.807, 2.05) is 0 Å². The molecule has 20 heavy (non-hydrogen) atoms. The minimum atomic E-state index is -0.0710. The number of nitrogens with one attached hydrogen (secondary N) is 1. The summed E-state index contributed by atoms with van der Waals surface area (Å²) in [7, 11) is 0. The maximum Gasteiger partial charge on any atom is 0.0750 e. The van der Waals surface area contributed by atoms with Gasteiger partial charge in [0, 0.05) is 5.69 Å². The standard InChI is InChI=1S/C18H23NO/c1-12-5-7-16(8-6-12)19-17(11-20)18-14(3)9-13(2)10-15(18)4/h5-10,17,19-20H,11H2,1-4H3. The minimum Gasteiger partial charge on any atom is -0.394 e. The monoisotopic (exact) mass is 269 g/mol. The number of hydrogen-bond acceptors (Lipinski definition) is 2. The molecule has 0 aliphatic rings. The van der Waals surface area contributed by atoms with Gasteiger partial charge in [0.1, 0.15) is 0 Å². The Morgan fingerprint density at radius 2 is 1.45 bits per heavy atom. The molecule has 1 atom stereocenters. The Morgan fingerprint density at radius 3 is 1.95 bits per heavy atom. The summed E-state index contributed by atoms with van der Waals surface area (Å²) >= 11 is 0. The van der Waals surface area contributed by atoms with Crippen LogP contribution in [-0.2, 0) is 0 Å². The summed E-state index contributed by atoms with van der Waals surface area (Å²) in [5, 5.41) is 13.2. The van der Waals surface area contributed by atoms with Gasteiger partial charge in [0.15, 0.2) is 0 Å². The van der Waals surface area contributed by atoms with Crippen molar-refractivity contribution in [1.29, 1.82) is 0 Å². The maximum atomic E-state index is 9.75. The summed E-state index contributed by atoms with van der Waals surface area (Å²) in [5.74, 6) is 0. The number of hydrogen-bond donors (Lipinski definition) is 2. The molecule has 0 aliphatic heterocycles. The summed E-state index contributed by atoms with van der Waals surface area (Å²) in [6.07, 6.45) is 0. The molecule has 0 saturated heterocycles. The third kappa shape index (κ3) is 3.20. The van der Waals surface area contributed by atoms with Crippen LogP contribution in [0.15, 0.2) is 36.4 Å². The van der Waals surface area contributed by atoms with Crippen LogP contribution in [0.1, 0.15) is 33.9 Å². The number of benzene rings is 2. The fourth-order valence-corrected chi connectivity index (χ4v) is 2.80. The molecule has 2 N–H and O–H groups in total. The van der Waals surface area contributed by atoms with Crippen LogP contribution < -0.4 is 5.32 Å². The van der Waals surface area contributed by atoms with Crippen molar-refractivity contribution < 1.29 is 5.11 Å². The van der Waals surface area contributed by atoms with E-state index in [-0.39, 0.29) is 12.6 Å². The number of aliphatic hydroxyl groups excluding tert-OH is 1. The number of anilines is 1. The molecule has 2 aromatic carbocycles. The van der Waals surface area contributed by atoms with Crippen molar-refractivity contribution in [2.24, 2.45) is 0 Å². The van der Waals surface area contributed by atoms with E-state index in [9.17, 15) is 5.11 Å². The Kier molecular flexibility index (Phi) is 4.46. The predicted octanol–water partition coefficient (Wildman–Crippen LogP) is 4.07. The molecule has 0 saturated carbocycles. The molecule has 2 aromatic rings. The molecule has 0 radical (unpaired) electrons. The van der Waals surface area contributed by atoms with Crippen LogP contribution in [0.5, 0.6) is 0 Å². The van der Waals surface area contributed by atoms with Crippen LogP contribution in [-0.4, -0.2) is 11.7 Å². The van der Waals surface area contributed by atoms with Crippen LogP contribution >= 0.6 is 0 Å². The lowest BCUT2D eigenvalue weighted by molar-refractivity contribution is 0.275. The first-order valence-electron chi connectivity index (χ1n) is 7.03. The Balaban J connectivity index is 2.31. The van der Waals surface area contributed by atoms with E-state index in [0.29, 0.717) is 0 Å². The fourth-order valence-electron chi connectivity index (χ4n) is 2.80. The van der Waals surface area contributed by atoms with E-state index in [2.05, 4.69) is 69.4 Å². The van der Waals surface area contributed by atoms with Crippen molar-refractivity contribution in [3.05, 3.63) is 64.2 Å². The Bertz CT molecular complexity index is 564. The molecule has 2 rings (SSSR count). The van der Waals surface area contributed by atoms with Gasteiger partial charge in [-0.2, -0.15) is 0 Å². The summed E-state index contributed by atoms with van der Waals surface area (Å²) in [6, 6.07) is 12.5. The quantitative estimate of drug-likeness (QED) is 0.877. The van der Waals surface area contributed by atoms with Crippen molar-refractivity contribution in [2.75, 3.05) is 11.9 Å². The molecule has 0 amide bonds. The summed E-state index contributed by atoms with van der Waals surface area (Å²) < 4.78 is 0. The van der Waals surface area contributed by atoms with Crippen molar-refractivity contribution >= 4 is 5.69 Å². The molecule has 1 unspecified atom stereocenters. The average molecular weight is 269 g/mol. The zero-order valence-electron chi connectivity index (χ0n) is 12.7. The molecule has 2 heteroatoms. The first kappa shape index (κ1) is 14.6. The van der Waals surface area contributed by atoms with Crippen LogP contribution in [0, 0.1) is 27.7 Å². The molecule has 0 bridgehead atoms. The summed E-state index contributed by atoms with van der Waals surface area (Å²) in [6.45, 7) is 8.47. The predicted molar refractivity (Wildman–Crippen MR) is 85.3 cm³/mol. The van der Waals surface area contributed by atoms with Gasteiger partial charge in [-0.3, -0.25) is 0 Å². The van der Waals surface area contributed by atoms with E-state index in [0.717, 1.165) is 5.69 Å². The number of rotatable bonds is 4. The van der Waals surface area contributed by atoms with Crippen molar-refractivity contribution in [2.45, 2.75) is 33.7 Å². The van der Waals surface area contributed by atoms with Gasteiger partial charge < -0.3 is 10.4 Å². The van der Waals surface area contributed by atoms with E-state index >= 15 is 0 Å².